The van der Waals surface area contributed by atoms with Gasteiger partial charge in [0.1, 0.15) is 22.7 Å². The minimum Gasteiger partial charge on any atom is -0.497 e. The first-order valence-corrected chi connectivity index (χ1v) is 8.95. The van der Waals surface area contributed by atoms with Crippen LogP contribution < -0.4 is 10.1 Å². The molecule has 3 aromatic rings. The molecule has 1 saturated heterocycles. The first-order chi connectivity index (χ1) is 11.8. The molecule has 2 aromatic heterocycles. The SMILES string of the molecule is COc1ccc(-c2csc3ncnc(NC[C@@H]4CCCO4)c23)cc1. The summed E-state index contributed by atoms with van der Waals surface area (Å²) in [6.07, 6.45) is 4.14. The van der Waals surface area contributed by atoms with Crippen LogP contribution in [0.2, 0.25) is 0 Å². The molecule has 0 spiro atoms. The number of hydrogen-bond donors (Lipinski definition) is 1. The number of hydrogen-bond acceptors (Lipinski definition) is 6. The van der Waals surface area contributed by atoms with Gasteiger partial charge in [0, 0.05) is 24.1 Å². The van der Waals surface area contributed by atoms with E-state index in [-0.39, 0.29) is 6.10 Å². The van der Waals surface area contributed by atoms with Crippen LogP contribution in [0.1, 0.15) is 12.8 Å². The normalized spacial score (nSPS) is 17.3. The van der Waals surface area contributed by atoms with Gasteiger partial charge in [-0.1, -0.05) is 12.1 Å². The Kier molecular flexibility index (Phi) is 4.32. The zero-order chi connectivity index (χ0) is 16.4. The molecule has 1 fully saturated rings. The second kappa shape index (κ2) is 6.75. The van der Waals surface area contributed by atoms with E-state index in [1.54, 1.807) is 24.8 Å². The number of methoxy groups -OCH3 is 1. The van der Waals surface area contributed by atoms with Crippen molar-refractivity contribution in [2.75, 3.05) is 25.6 Å². The molecule has 0 amide bonds. The van der Waals surface area contributed by atoms with Crippen LogP contribution in [0, 0.1) is 0 Å². The lowest BCUT2D eigenvalue weighted by Crippen LogP contribution is -2.19. The number of anilines is 1. The van der Waals surface area contributed by atoms with Gasteiger partial charge in [-0.25, -0.2) is 9.97 Å². The molecule has 24 heavy (non-hydrogen) atoms. The minimum atomic E-state index is 0.276. The van der Waals surface area contributed by atoms with Crippen molar-refractivity contribution < 1.29 is 9.47 Å². The highest BCUT2D eigenvalue weighted by Crippen LogP contribution is 2.37. The topological polar surface area (TPSA) is 56.3 Å². The highest BCUT2D eigenvalue weighted by molar-refractivity contribution is 7.17. The standard InChI is InChI=1S/C18H19N3O2S/c1-22-13-6-4-12(5-7-13)15-10-24-18-16(15)17(20-11-21-18)19-9-14-3-2-8-23-14/h4-7,10-11,14H,2-3,8-9H2,1H3,(H,19,20,21)/t14-/m0/s1. The van der Waals surface area contributed by atoms with E-state index in [1.165, 1.54) is 0 Å². The van der Waals surface area contributed by atoms with Crippen molar-refractivity contribution >= 4 is 27.4 Å². The maximum absolute atomic E-state index is 5.69. The van der Waals surface area contributed by atoms with Crippen LogP contribution in [-0.2, 0) is 4.74 Å². The summed E-state index contributed by atoms with van der Waals surface area (Å²) in [5.41, 5.74) is 2.28. The summed E-state index contributed by atoms with van der Waals surface area (Å²) in [7, 11) is 1.68. The van der Waals surface area contributed by atoms with Crippen LogP contribution >= 0.6 is 11.3 Å². The van der Waals surface area contributed by atoms with E-state index in [1.807, 2.05) is 12.1 Å². The third-order valence-corrected chi connectivity index (χ3v) is 5.18. The van der Waals surface area contributed by atoms with Crippen molar-refractivity contribution in [3.05, 3.63) is 36.0 Å². The molecule has 1 aliphatic heterocycles. The number of aromatic nitrogens is 2. The first-order valence-electron chi connectivity index (χ1n) is 8.07. The minimum absolute atomic E-state index is 0.276. The Balaban J connectivity index is 1.67. The summed E-state index contributed by atoms with van der Waals surface area (Å²) in [6, 6.07) is 8.08. The highest BCUT2D eigenvalue weighted by atomic mass is 32.1. The summed E-state index contributed by atoms with van der Waals surface area (Å²) in [5.74, 6) is 1.73. The summed E-state index contributed by atoms with van der Waals surface area (Å²) in [5, 5.41) is 6.67. The lowest BCUT2D eigenvalue weighted by Gasteiger charge is -2.12. The highest BCUT2D eigenvalue weighted by Gasteiger charge is 2.17. The van der Waals surface area contributed by atoms with Crippen LogP contribution in [0.5, 0.6) is 5.75 Å². The Morgan fingerprint density at radius 3 is 2.92 bits per heavy atom. The van der Waals surface area contributed by atoms with Gasteiger partial charge in [-0.05, 0) is 30.5 Å². The number of benzene rings is 1. The lowest BCUT2D eigenvalue weighted by molar-refractivity contribution is 0.120. The maximum atomic E-state index is 5.69. The molecule has 0 bridgehead atoms. The van der Waals surface area contributed by atoms with E-state index in [4.69, 9.17) is 9.47 Å². The Hall–Kier alpha value is -2.18. The Morgan fingerprint density at radius 2 is 2.17 bits per heavy atom. The zero-order valence-corrected chi connectivity index (χ0v) is 14.3. The van der Waals surface area contributed by atoms with E-state index in [0.29, 0.717) is 0 Å². The maximum Gasteiger partial charge on any atom is 0.138 e. The second-order valence-corrected chi connectivity index (χ2v) is 6.65. The quantitative estimate of drug-likeness (QED) is 0.761. The lowest BCUT2D eigenvalue weighted by atomic mass is 10.1. The average Bonchev–Trinajstić information content (AvgIpc) is 3.30. The van der Waals surface area contributed by atoms with Gasteiger partial charge in [-0.15, -0.1) is 11.3 Å². The fourth-order valence-electron chi connectivity index (χ4n) is 3.01. The van der Waals surface area contributed by atoms with Gasteiger partial charge >= 0.3 is 0 Å². The third kappa shape index (κ3) is 2.95. The van der Waals surface area contributed by atoms with Gasteiger partial charge in [-0.2, -0.15) is 0 Å². The van der Waals surface area contributed by atoms with Crippen molar-refractivity contribution in [1.29, 1.82) is 0 Å². The van der Waals surface area contributed by atoms with Crippen LogP contribution in [-0.4, -0.2) is 36.3 Å². The predicted octanol–water partition coefficient (Wildman–Crippen LogP) is 3.96. The molecular weight excluding hydrogens is 322 g/mol. The van der Waals surface area contributed by atoms with Crippen molar-refractivity contribution in [1.82, 2.24) is 9.97 Å². The molecule has 3 heterocycles. The van der Waals surface area contributed by atoms with E-state index < -0.39 is 0 Å². The number of nitrogens with zero attached hydrogens (tertiary/aromatic N) is 2. The molecular formula is C18H19N3O2S. The molecule has 4 rings (SSSR count). The number of ether oxygens (including phenoxy) is 2. The largest absolute Gasteiger partial charge is 0.497 e. The fraction of sp³-hybridized carbons (Fsp3) is 0.333. The third-order valence-electron chi connectivity index (χ3n) is 4.29. The fourth-order valence-corrected chi connectivity index (χ4v) is 3.92. The van der Waals surface area contributed by atoms with E-state index in [2.05, 4.69) is 32.8 Å². The molecule has 5 nitrogen and oxygen atoms in total. The molecule has 0 saturated carbocycles. The molecule has 1 atom stereocenters. The van der Waals surface area contributed by atoms with Crippen molar-refractivity contribution in [2.24, 2.45) is 0 Å². The number of nitrogens with one attached hydrogen (secondary N) is 1. The van der Waals surface area contributed by atoms with Gasteiger partial charge in [0.15, 0.2) is 0 Å². The molecule has 124 valence electrons. The predicted molar refractivity (Wildman–Crippen MR) is 96.9 cm³/mol. The van der Waals surface area contributed by atoms with Gasteiger partial charge in [-0.3, -0.25) is 0 Å². The molecule has 6 heteroatoms. The number of fused-ring (bicyclic) bond motifs is 1. The smallest absolute Gasteiger partial charge is 0.138 e. The molecule has 0 unspecified atom stereocenters. The molecule has 0 radical (unpaired) electrons. The molecule has 1 aliphatic rings. The van der Waals surface area contributed by atoms with Gasteiger partial charge in [0.05, 0.1) is 18.6 Å². The van der Waals surface area contributed by atoms with Crippen molar-refractivity contribution in [2.45, 2.75) is 18.9 Å². The summed E-state index contributed by atoms with van der Waals surface area (Å²) in [4.78, 5) is 9.87. The van der Waals surface area contributed by atoms with Gasteiger partial charge < -0.3 is 14.8 Å². The van der Waals surface area contributed by atoms with Crippen LogP contribution in [0.4, 0.5) is 5.82 Å². The first kappa shape index (κ1) is 15.4. The van der Waals surface area contributed by atoms with Crippen molar-refractivity contribution in [3.63, 3.8) is 0 Å². The Bertz CT molecular complexity index is 826. The summed E-state index contributed by atoms with van der Waals surface area (Å²) in [6.45, 7) is 1.64. The van der Waals surface area contributed by atoms with Gasteiger partial charge in [0.2, 0.25) is 0 Å². The molecule has 1 N–H and O–H groups in total. The average molecular weight is 341 g/mol. The van der Waals surface area contributed by atoms with Crippen LogP contribution in [0.25, 0.3) is 21.3 Å². The van der Waals surface area contributed by atoms with E-state index >= 15 is 0 Å². The Labute approximate surface area is 144 Å². The van der Waals surface area contributed by atoms with E-state index in [0.717, 1.165) is 58.9 Å². The number of rotatable bonds is 5. The van der Waals surface area contributed by atoms with Gasteiger partial charge in [0.25, 0.3) is 0 Å². The van der Waals surface area contributed by atoms with E-state index in [9.17, 15) is 0 Å². The van der Waals surface area contributed by atoms with Crippen molar-refractivity contribution in [3.8, 4) is 16.9 Å². The molecule has 0 aliphatic carbocycles. The van der Waals surface area contributed by atoms with Crippen LogP contribution in [0.15, 0.2) is 36.0 Å². The zero-order valence-electron chi connectivity index (χ0n) is 13.5. The summed E-state index contributed by atoms with van der Waals surface area (Å²) < 4.78 is 10.9. The second-order valence-electron chi connectivity index (χ2n) is 5.80. The monoisotopic (exact) mass is 341 g/mol. The summed E-state index contributed by atoms with van der Waals surface area (Å²) >= 11 is 1.64. The number of thiophene rings is 1. The Morgan fingerprint density at radius 1 is 1.29 bits per heavy atom. The van der Waals surface area contributed by atoms with Crippen LogP contribution in [0.3, 0.4) is 0 Å². The molecule has 1 aromatic carbocycles.